The van der Waals surface area contributed by atoms with Crippen LogP contribution in [0.5, 0.6) is 0 Å². The Morgan fingerprint density at radius 3 is 2.30 bits per heavy atom. The maximum absolute atomic E-state index is 12.3. The Kier molecular flexibility index (Phi) is 5.10. The Balaban J connectivity index is 1.89. The third-order valence-electron chi connectivity index (χ3n) is 3.79. The highest BCUT2D eigenvalue weighted by molar-refractivity contribution is 5.20. The average Bonchev–Trinajstić information content (AvgIpc) is 2.72. The maximum Gasteiger partial charge on any atom is 0.251 e. The molecule has 20 heavy (non-hydrogen) atoms. The summed E-state index contributed by atoms with van der Waals surface area (Å²) in [5.41, 5.74) is 2.40. The first-order valence-electron chi connectivity index (χ1n) is 7.21. The fourth-order valence-corrected chi connectivity index (χ4v) is 2.69. The molecule has 0 saturated carbocycles. The highest BCUT2D eigenvalue weighted by Gasteiger charge is 2.21. The summed E-state index contributed by atoms with van der Waals surface area (Å²) in [6, 6.07) is 0. The molecule has 1 aromatic rings. The number of halogens is 2. The molecule has 1 aromatic heterocycles. The molecule has 1 aliphatic heterocycles. The van der Waals surface area contributed by atoms with Crippen molar-refractivity contribution in [2.24, 2.45) is 7.05 Å². The summed E-state index contributed by atoms with van der Waals surface area (Å²) in [5.74, 6) is 0.457. The van der Waals surface area contributed by atoms with E-state index in [2.05, 4.69) is 30.0 Å². The molecule has 0 aliphatic carbocycles. The van der Waals surface area contributed by atoms with Gasteiger partial charge in [0.1, 0.15) is 0 Å². The van der Waals surface area contributed by atoms with Crippen LogP contribution in [-0.4, -0.2) is 58.7 Å². The Hall–Kier alpha value is -1.01. The van der Waals surface area contributed by atoms with Crippen molar-refractivity contribution in [2.75, 3.05) is 32.7 Å². The maximum atomic E-state index is 12.3. The van der Waals surface area contributed by atoms with Crippen LogP contribution < -0.4 is 0 Å². The molecular formula is C14H24F2N4. The molecule has 1 aliphatic rings. The van der Waals surface area contributed by atoms with Gasteiger partial charge in [0.2, 0.25) is 0 Å². The van der Waals surface area contributed by atoms with Gasteiger partial charge in [-0.25, -0.2) is 8.78 Å². The van der Waals surface area contributed by atoms with Crippen molar-refractivity contribution in [3.05, 3.63) is 17.5 Å². The summed E-state index contributed by atoms with van der Waals surface area (Å²) in [6.45, 7) is 8.15. The molecule has 0 atom stereocenters. The second-order valence-electron chi connectivity index (χ2n) is 5.83. The quantitative estimate of drug-likeness (QED) is 0.826. The molecule has 2 rings (SSSR count). The first-order valence-corrected chi connectivity index (χ1v) is 7.21. The van der Waals surface area contributed by atoms with Crippen LogP contribution in [0.25, 0.3) is 0 Å². The van der Waals surface area contributed by atoms with Crippen LogP contribution >= 0.6 is 0 Å². The van der Waals surface area contributed by atoms with Crippen molar-refractivity contribution in [3.8, 4) is 0 Å². The lowest BCUT2D eigenvalue weighted by Crippen LogP contribution is -2.47. The lowest BCUT2D eigenvalue weighted by molar-refractivity contribution is 0.0539. The molecule has 6 heteroatoms. The number of alkyl halides is 2. The fraction of sp³-hybridized carbons (Fsp3) is 0.786. The predicted octanol–water partition coefficient (Wildman–Crippen LogP) is 1.93. The van der Waals surface area contributed by atoms with Crippen molar-refractivity contribution in [2.45, 2.75) is 32.7 Å². The first-order chi connectivity index (χ1) is 9.45. The minimum Gasteiger partial charge on any atom is -0.295 e. The number of hydrogen-bond acceptors (Lipinski definition) is 3. The van der Waals surface area contributed by atoms with Gasteiger partial charge in [-0.2, -0.15) is 5.10 Å². The SMILES string of the molecule is CC(C)c1cn(C)nc1CN1CCN(CC(F)F)CC1. The summed E-state index contributed by atoms with van der Waals surface area (Å²) in [5, 5.41) is 4.53. The van der Waals surface area contributed by atoms with Crippen molar-refractivity contribution < 1.29 is 8.78 Å². The molecule has 0 aromatic carbocycles. The van der Waals surface area contributed by atoms with Crippen LogP contribution in [-0.2, 0) is 13.6 Å². The Morgan fingerprint density at radius 2 is 1.75 bits per heavy atom. The number of nitrogens with zero attached hydrogens (tertiary/aromatic N) is 4. The highest BCUT2D eigenvalue weighted by Crippen LogP contribution is 2.20. The van der Waals surface area contributed by atoms with Crippen LogP contribution in [0.2, 0.25) is 0 Å². The van der Waals surface area contributed by atoms with Gasteiger partial charge < -0.3 is 0 Å². The number of piperazine rings is 1. The molecule has 0 spiro atoms. The molecular weight excluding hydrogens is 262 g/mol. The smallest absolute Gasteiger partial charge is 0.251 e. The van der Waals surface area contributed by atoms with Gasteiger partial charge in [-0.1, -0.05) is 13.8 Å². The molecule has 0 bridgehead atoms. The predicted molar refractivity (Wildman–Crippen MR) is 75.0 cm³/mol. The Bertz CT molecular complexity index is 423. The molecule has 2 heterocycles. The van der Waals surface area contributed by atoms with Gasteiger partial charge in [0.25, 0.3) is 6.43 Å². The zero-order chi connectivity index (χ0) is 14.7. The lowest BCUT2D eigenvalue weighted by atomic mass is 10.0. The standard InChI is InChI=1S/C14H24F2N4/c1-11(2)12-8-18(3)17-13(12)9-19-4-6-20(7-5-19)10-14(15)16/h8,11,14H,4-7,9-10H2,1-3H3. The van der Waals surface area contributed by atoms with E-state index >= 15 is 0 Å². The van der Waals surface area contributed by atoms with Gasteiger partial charge in [0.05, 0.1) is 12.2 Å². The topological polar surface area (TPSA) is 24.3 Å². The van der Waals surface area contributed by atoms with E-state index in [1.165, 1.54) is 5.56 Å². The third-order valence-corrected chi connectivity index (χ3v) is 3.79. The van der Waals surface area contributed by atoms with Gasteiger partial charge in [-0.3, -0.25) is 14.5 Å². The monoisotopic (exact) mass is 286 g/mol. The lowest BCUT2D eigenvalue weighted by Gasteiger charge is -2.34. The third kappa shape index (κ3) is 3.99. The Labute approximate surface area is 119 Å². The second kappa shape index (κ2) is 6.63. The van der Waals surface area contributed by atoms with Gasteiger partial charge in [0.15, 0.2) is 0 Å². The fourth-order valence-electron chi connectivity index (χ4n) is 2.69. The van der Waals surface area contributed by atoms with Crippen molar-refractivity contribution in [3.63, 3.8) is 0 Å². The number of aromatic nitrogens is 2. The number of aryl methyl sites for hydroxylation is 1. The summed E-state index contributed by atoms with van der Waals surface area (Å²) in [4.78, 5) is 4.14. The van der Waals surface area contributed by atoms with Gasteiger partial charge in [-0.15, -0.1) is 0 Å². The minimum atomic E-state index is -2.23. The largest absolute Gasteiger partial charge is 0.295 e. The molecule has 0 radical (unpaired) electrons. The summed E-state index contributed by atoms with van der Waals surface area (Å²) in [7, 11) is 1.94. The molecule has 0 amide bonds. The van der Waals surface area contributed by atoms with E-state index in [-0.39, 0.29) is 6.54 Å². The molecule has 0 unspecified atom stereocenters. The molecule has 1 fully saturated rings. The van der Waals surface area contributed by atoms with E-state index in [9.17, 15) is 8.78 Å². The van der Waals surface area contributed by atoms with Crippen molar-refractivity contribution >= 4 is 0 Å². The normalized spacial score (nSPS) is 18.4. The average molecular weight is 286 g/mol. The van der Waals surface area contributed by atoms with Crippen LogP contribution in [0.3, 0.4) is 0 Å². The number of hydrogen-bond donors (Lipinski definition) is 0. The van der Waals surface area contributed by atoms with E-state index in [0.717, 1.165) is 25.3 Å². The van der Waals surface area contributed by atoms with Crippen LogP contribution in [0.4, 0.5) is 8.78 Å². The van der Waals surface area contributed by atoms with E-state index in [1.54, 1.807) is 0 Å². The van der Waals surface area contributed by atoms with Crippen LogP contribution in [0, 0.1) is 0 Å². The molecule has 4 nitrogen and oxygen atoms in total. The van der Waals surface area contributed by atoms with Crippen LogP contribution in [0.1, 0.15) is 31.0 Å². The van der Waals surface area contributed by atoms with E-state index in [4.69, 9.17) is 0 Å². The first kappa shape index (κ1) is 15.4. The Morgan fingerprint density at radius 1 is 1.15 bits per heavy atom. The zero-order valence-corrected chi connectivity index (χ0v) is 12.5. The van der Waals surface area contributed by atoms with Crippen LogP contribution in [0.15, 0.2) is 6.20 Å². The van der Waals surface area contributed by atoms with E-state index < -0.39 is 6.43 Å². The molecule has 0 N–H and O–H groups in total. The summed E-state index contributed by atoms with van der Waals surface area (Å²) in [6.07, 6.45) is -0.155. The van der Waals surface area contributed by atoms with E-state index in [0.29, 0.717) is 19.0 Å². The zero-order valence-electron chi connectivity index (χ0n) is 12.5. The molecule has 114 valence electrons. The van der Waals surface area contributed by atoms with Crippen molar-refractivity contribution in [1.82, 2.24) is 19.6 Å². The van der Waals surface area contributed by atoms with Crippen molar-refractivity contribution in [1.29, 1.82) is 0 Å². The molecule has 1 saturated heterocycles. The van der Waals surface area contributed by atoms with Gasteiger partial charge >= 0.3 is 0 Å². The number of rotatable bonds is 5. The highest BCUT2D eigenvalue weighted by atomic mass is 19.3. The van der Waals surface area contributed by atoms with Gasteiger partial charge in [-0.05, 0) is 11.5 Å². The summed E-state index contributed by atoms with van der Waals surface area (Å²) < 4.78 is 26.5. The van der Waals surface area contributed by atoms with E-state index in [1.807, 2.05) is 16.6 Å². The van der Waals surface area contributed by atoms with Gasteiger partial charge in [0, 0.05) is 46.0 Å². The summed E-state index contributed by atoms with van der Waals surface area (Å²) >= 11 is 0. The minimum absolute atomic E-state index is 0.103. The second-order valence-corrected chi connectivity index (χ2v) is 5.83.